The fraction of sp³-hybridized carbons (Fsp3) is 0.200. The van der Waals surface area contributed by atoms with Crippen LogP contribution in [0.5, 0.6) is 0 Å². The lowest BCUT2D eigenvalue weighted by molar-refractivity contribution is -0.153. The zero-order valence-electron chi connectivity index (χ0n) is 12.7. The second kappa shape index (κ2) is 6.78. The Kier molecular flexibility index (Phi) is 5.10. The number of halogens is 4. The Bertz CT molecular complexity index is 919. The van der Waals surface area contributed by atoms with Crippen LogP contribution in [0, 0.1) is 24.1 Å². The largest absolute Gasteiger partial charge is 0.408 e. The zero-order chi connectivity index (χ0) is 18.8. The summed E-state index contributed by atoms with van der Waals surface area (Å²) in [4.78, 5) is 3.12. The second-order valence-corrected chi connectivity index (χ2v) is 6.78. The first kappa shape index (κ1) is 18.8. The van der Waals surface area contributed by atoms with E-state index in [1.807, 2.05) is 0 Å². The molecule has 0 bridgehead atoms. The summed E-state index contributed by atoms with van der Waals surface area (Å²) in [6.45, 7) is 1.46. The molecule has 0 saturated carbocycles. The predicted octanol–water partition coefficient (Wildman–Crippen LogP) is 2.98. The lowest BCUT2D eigenvalue weighted by Gasteiger charge is -2.22. The van der Waals surface area contributed by atoms with Gasteiger partial charge in [-0.25, -0.2) is 12.8 Å². The van der Waals surface area contributed by atoms with Gasteiger partial charge in [0.25, 0.3) is 0 Å². The number of pyridine rings is 1. The van der Waals surface area contributed by atoms with Crippen molar-refractivity contribution in [3.05, 3.63) is 59.2 Å². The molecule has 1 aromatic heterocycles. The number of benzene rings is 1. The van der Waals surface area contributed by atoms with E-state index in [0.717, 1.165) is 36.5 Å². The maximum absolute atomic E-state index is 13.3. The third-order valence-electron chi connectivity index (χ3n) is 3.30. The van der Waals surface area contributed by atoms with E-state index in [0.29, 0.717) is 0 Å². The Morgan fingerprint density at radius 2 is 1.84 bits per heavy atom. The quantitative estimate of drug-likeness (QED) is 0.836. The van der Waals surface area contributed by atoms with Gasteiger partial charge >= 0.3 is 6.18 Å². The lowest BCUT2D eigenvalue weighted by atomic mass is 10.1. The number of sulfonamides is 1. The molecule has 1 heterocycles. The number of alkyl halides is 3. The summed E-state index contributed by atoms with van der Waals surface area (Å²) < 4.78 is 78.8. The van der Waals surface area contributed by atoms with Crippen LogP contribution in [-0.2, 0) is 10.0 Å². The number of nitriles is 1. The first-order chi connectivity index (χ1) is 11.5. The molecule has 0 aliphatic heterocycles. The summed E-state index contributed by atoms with van der Waals surface area (Å²) in [5, 5.41) is 8.90. The molecule has 2 rings (SSSR count). The first-order valence-corrected chi connectivity index (χ1v) is 8.24. The van der Waals surface area contributed by atoms with Gasteiger partial charge in [-0.2, -0.15) is 23.2 Å². The fourth-order valence-corrected chi connectivity index (χ4v) is 3.16. The molecule has 5 nitrogen and oxygen atoms in total. The van der Waals surface area contributed by atoms with Crippen molar-refractivity contribution in [2.45, 2.75) is 24.0 Å². The van der Waals surface area contributed by atoms with Crippen LogP contribution in [0.2, 0.25) is 0 Å². The van der Waals surface area contributed by atoms with Crippen LogP contribution >= 0.6 is 0 Å². The van der Waals surface area contributed by atoms with Crippen molar-refractivity contribution in [3.63, 3.8) is 0 Å². The van der Waals surface area contributed by atoms with Gasteiger partial charge in [0.05, 0.1) is 11.3 Å². The van der Waals surface area contributed by atoms with Gasteiger partial charge in [-0.1, -0.05) is 12.1 Å². The highest BCUT2D eigenvalue weighted by Gasteiger charge is 2.43. The molecule has 25 heavy (non-hydrogen) atoms. The summed E-state index contributed by atoms with van der Waals surface area (Å²) in [6, 6.07) is 3.33. The van der Waals surface area contributed by atoms with Crippen molar-refractivity contribution in [1.82, 2.24) is 9.71 Å². The smallest absolute Gasteiger partial charge is 0.259 e. The number of hydrogen-bond donors (Lipinski definition) is 1. The highest BCUT2D eigenvalue weighted by atomic mass is 32.2. The van der Waals surface area contributed by atoms with Crippen LogP contribution in [0.4, 0.5) is 17.6 Å². The molecule has 1 unspecified atom stereocenters. The van der Waals surface area contributed by atoms with Gasteiger partial charge in [-0.05, 0) is 30.7 Å². The van der Waals surface area contributed by atoms with Crippen LogP contribution in [0.1, 0.15) is 22.9 Å². The summed E-state index contributed by atoms with van der Waals surface area (Å²) in [5.41, 5.74) is -0.307. The number of rotatable bonds is 4. The molecule has 10 heteroatoms. The summed E-state index contributed by atoms with van der Waals surface area (Å²) in [6.07, 6.45) is -4.10. The van der Waals surface area contributed by atoms with E-state index >= 15 is 0 Å². The normalized spacial score (nSPS) is 13.3. The van der Waals surface area contributed by atoms with E-state index < -0.39 is 38.5 Å². The topological polar surface area (TPSA) is 82.8 Å². The van der Waals surface area contributed by atoms with E-state index in [-0.39, 0.29) is 11.3 Å². The molecule has 0 radical (unpaired) electrons. The molecule has 132 valence electrons. The number of nitrogens with one attached hydrogen (secondary N) is 1. The summed E-state index contributed by atoms with van der Waals surface area (Å²) in [7, 11) is -4.63. The van der Waals surface area contributed by atoms with Crippen molar-refractivity contribution < 1.29 is 26.0 Å². The van der Waals surface area contributed by atoms with E-state index in [2.05, 4.69) is 4.98 Å². The van der Waals surface area contributed by atoms with Crippen molar-refractivity contribution in [1.29, 1.82) is 5.26 Å². The number of aromatic nitrogens is 1. The average Bonchev–Trinajstić information content (AvgIpc) is 2.53. The maximum Gasteiger partial charge on any atom is 0.408 e. The molecular formula is C15H11F4N3O2S. The molecule has 1 atom stereocenters. The molecule has 0 amide bonds. The lowest BCUT2D eigenvalue weighted by Crippen LogP contribution is -2.38. The fourth-order valence-electron chi connectivity index (χ4n) is 1.98. The molecule has 1 N–H and O–H groups in total. The first-order valence-electron chi connectivity index (χ1n) is 6.76. The third kappa shape index (κ3) is 4.32. The van der Waals surface area contributed by atoms with Gasteiger partial charge in [0.2, 0.25) is 10.0 Å². The minimum absolute atomic E-state index is 0.0757. The van der Waals surface area contributed by atoms with Crippen LogP contribution < -0.4 is 4.72 Å². The van der Waals surface area contributed by atoms with E-state index in [1.54, 1.807) is 6.07 Å². The Labute approximate surface area is 141 Å². The van der Waals surface area contributed by atoms with Crippen LogP contribution in [0.25, 0.3) is 0 Å². The molecule has 1 aromatic carbocycles. The standard InChI is InChI=1S/C15H11F4N3O2S/c1-9-11(7-20)6-13(8-21-9)25(23,24)22-14(15(17,18)19)10-2-4-12(16)5-3-10/h2-6,8,14,22H,1H3. The third-order valence-corrected chi connectivity index (χ3v) is 4.69. The van der Waals surface area contributed by atoms with Crippen LogP contribution in [0.3, 0.4) is 0 Å². The molecular weight excluding hydrogens is 362 g/mol. The van der Waals surface area contributed by atoms with Gasteiger partial charge < -0.3 is 0 Å². The SMILES string of the molecule is Cc1ncc(S(=O)(=O)NC(c2ccc(F)cc2)C(F)(F)F)cc1C#N. The number of hydrogen-bond acceptors (Lipinski definition) is 4. The molecule has 0 fully saturated rings. The maximum atomic E-state index is 13.3. The van der Waals surface area contributed by atoms with Crippen LogP contribution in [0.15, 0.2) is 41.4 Å². The Hall–Kier alpha value is -2.51. The number of nitrogens with zero attached hydrogens (tertiary/aromatic N) is 2. The van der Waals surface area contributed by atoms with Gasteiger partial charge in [-0.15, -0.1) is 0 Å². The predicted molar refractivity (Wildman–Crippen MR) is 79.2 cm³/mol. The van der Waals surface area contributed by atoms with Crippen molar-refractivity contribution in [3.8, 4) is 6.07 Å². The molecule has 0 aliphatic rings. The molecule has 0 spiro atoms. The summed E-state index contributed by atoms with van der Waals surface area (Å²) >= 11 is 0. The van der Waals surface area contributed by atoms with E-state index in [9.17, 15) is 26.0 Å². The molecule has 2 aromatic rings. The monoisotopic (exact) mass is 373 g/mol. The Morgan fingerprint density at radius 1 is 1.24 bits per heavy atom. The van der Waals surface area contributed by atoms with Crippen molar-refractivity contribution in [2.75, 3.05) is 0 Å². The summed E-state index contributed by atoms with van der Waals surface area (Å²) in [5.74, 6) is -0.756. The second-order valence-electron chi connectivity index (χ2n) is 5.06. The van der Waals surface area contributed by atoms with Crippen LogP contribution in [-0.4, -0.2) is 19.6 Å². The van der Waals surface area contributed by atoms with E-state index in [4.69, 9.17) is 5.26 Å². The van der Waals surface area contributed by atoms with Gasteiger partial charge in [0.15, 0.2) is 0 Å². The zero-order valence-corrected chi connectivity index (χ0v) is 13.5. The highest BCUT2D eigenvalue weighted by molar-refractivity contribution is 7.89. The van der Waals surface area contributed by atoms with E-state index in [1.165, 1.54) is 11.6 Å². The molecule has 0 aliphatic carbocycles. The number of aryl methyl sites for hydroxylation is 1. The van der Waals surface area contributed by atoms with Gasteiger partial charge in [-0.3, -0.25) is 4.98 Å². The Morgan fingerprint density at radius 3 is 2.36 bits per heavy atom. The highest BCUT2D eigenvalue weighted by Crippen LogP contribution is 2.34. The Balaban J connectivity index is 2.44. The van der Waals surface area contributed by atoms with Crippen molar-refractivity contribution in [2.24, 2.45) is 0 Å². The average molecular weight is 373 g/mol. The molecule has 0 saturated heterocycles. The van der Waals surface area contributed by atoms with Crippen molar-refractivity contribution >= 4 is 10.0 Å². The van der Waals surface area contributed by atoms with Gasteiger partial charge in [0, 0.05) is 6.20 Å². The minimum Gasteiger partial charge on any atom is -0.259 e. The minimum atomic E-state index is -4.96. The van der Waals surface area contributed by atoms with Gasteiger partial charge in [0.1, 0.15) is 22.8 Å².